The first-order chi connectivity index (χ1) is 5.65. The van der Waals surface area contributed by atoms with Crippen LogP contribution in [-0.4, -0.2) is 40.6 Å². The van der Waals surface area contributed by atoms with E-state index in [-0.39, 0.29) is 18.9 Å². The summed E-state index contributed by atoms with van der Waals surface area (Å²) < 4.78 is 0. The van der Waals surface area contributed by atoms with Gasteiger partial charge in [-0.1, -0.05) is 0 Å². The van der Waals surface area contributed by atoms with Crippen molar-refractivity contribution in [2.24, 2.45) is 0 Å². The molecule has 0 spiro atoms. The van der Waals surface area contributed by atoms with Gasteiger partial charge in [0, 0.05) is 6.54 Å². The molecule has 2 unspecified atom stereocenters. The smallest absolute Gasteiger partial charge is 0.168 e. The highest BCUT2D eigenvalue weighted by molar-refractivity contribution is 7.80. The molecular formula is C7H15N3OS. The Kier molecular flexibility index (Phi) is 3.25. The van der Waals surface area contributed by atoms with E-state index in [9.17, 15) is 0 Å². The Balaban J connectivity index is 2.54. The molecule has 0 aliphatic carbocycles. The maximum Gasteiger partial charge on any atom is 0.168 e. The number of nitrogens with zero attached hydrogens (tertiary/aromatic N) is 1. The minimum atomic E-state index is 0.171. The molecule has 0 bridgehead atoms. The van der Waals surface area contributed by atoms with Crippen molar-refractivity contribution in [3.63, 3.8) is 0 Å². The summed E-state index contributed by atoms with van der Waals surface area (Å²) in [6.07, 6.45) is 0.391. The number of aliphatic hydroxyl groups is 1. The zero-order valence-electron chi connectivity index (χ0n) is 7.37. The highest BCUT2D eigenvalue weighted by Crippen LogP contribution is 2.04. The van der Waals surface area contributed by atoms with E-state index in [1.165, 1.54) is 0 Å². The van der Waals surface area contributed by atoms with Crippen molar-refractivity contribution in [3.05, 3.63) is 0 Å². The van der Waals surface area contributed by atoms with Crippen LogP contribution in [0.1, 0.15) is 13.8 Å². The summed E-state index contributed by atoms with van der Waals surface area (Å²) in [5.41, 5.74) is 0. The Morgan fingerprint density at radius 1 is 1.42 bits per heavy atom. The maximum absolute atomic E-state index is 8.79. The van der Waals surface area contributed by atoms with E-state index in [1.807, 2.05) is 13.8 Å². The molecule has 1 rings (SSSR count). The Labute approximate surface area is 77.9 Å². The first-order valence-corrected chi connectivity index (χ1v) is 4.49. The van der Waals surface area contributed by atoms with E-state index < -0.39 is 0 Å². The van der Waals surface area contributed by atoms with E-state index in [4.69, 9.17) is 17.3 Å². The van der Waals surface area contributed by atoms with Crippen molar-refractivity contribution in [2.45, 2.75) is 26.2 Å². The average molecular weight is 189 g/mol. The van der Waals surface area contributed by atoms with Crippen LogP contribution in [0.15, 0.2) is 0 Å². The number of β-amino-alcohol motifs (C(OH)–C–C–N with tert-alkyl or cyclic N) is 1. The average Bonchev–Trinajstić information content (AvgIpc) is 1.96. The summed E-state index contributed by atoms with van der Waals surface area (Å²) in [6, 6.07) is 0. The quantitative estimate of drug-likeness (QED) is 0.509. The molecule has 5 heteroatoms. The van der Waals surface area contributed by atoms with Crippen molar-refractivity contribution in [1.82, 2.24) is 15.5 Å². The molecule has 1 heterocycles. The van der Waals surface area contributed by atoms with Crippen LogP contribution < -0.4 is 10.6 Å². The second-order valence-corrected chi connectivity index (χ2v) is 3.34. The number of hydrogen-bond acceptors (Lipinski definition) is 3. The minimum Gasteiger partial charge on any atom is -0.395 e. The van der Waals surface area contributed by atoms with Gasteiger partial charge in [-0.15, -0.1) is 0 Å². The highest BCUT2D eigenvalue weighted by Gasteiger charge is 2.25. The molecule has 2 atom stereocenters. The van der Waals surface area contributed by atoms with Crippen LogP contribution in [0.25, 0.3) is 0 Å². The van der Waals surface area contributed by atoms with Crippen molar-refractivity contribution in [3.8, 4) is 0 Å². The molecule has 0 radical (unpaired) electrons. The van der Waals surface area contributed by atoms with Crippen molar-refractivity contribution in [1.29, 1.82) is 0 Å². The molecule has 70 valence electrons. The Morgan fingerprint density at radius 3 is 2.33 bits per heavy atom. The van der Waals surface area contributed by atoms with Crippen molar-refractivity contribution < 1.29 is 5.11 Å². The number of nitrogens with one attached hydrogen (secondary N) is 2. The summed E-state index contributed by atoms with van der Waals surface area (Å²) in [7, 11) is 0. The zero-order chi connectivity index (χ0) is 9.14. The third-order valence-corrected chi connectivity index (χ3v) is 2.27. The summed E-state index contributed by atoms with van der Waals surface area (Å²) in [5.74, 6) is 0. The van der Waals surface area contributed by atoms with Crippen LogP contribution in [0.2, 0.25) is 0 Å². The zero-order valence-corrected chi connectivity index (χ0v) is 8.19. The lowest BCUT2D eigenvalue weighted by Gasteiger charge is -2.40. The molecule has 4 nitrogen and oxygen atoms in total. The fraction of sp³-hybridized carbons (Fsp3) is 0.857. The number of thiocarbonyl (C=S) groups is 1. The molecule has 12 heavy (non-hydrogen) atoms. The topological polar surface area (TPSA) is 47.5 Å². The molecule has 0 saturated carbocycles. The van der Waals surface area contributed by atoms with Gasteiger partial charge in [-0.3, -0.25) is 4.90 Å². The molecule has 1 fully saturated rings. The second kappa shape index (κ2) is 4.02. The number of rotatable bonds is 2. The minimum absolute atomic E-state index is 0.171. The van der Waals surface area contributed by atoms with Gasteiger partial charge < -0.3 is 15.7 Å². The fourth-order valence-electron chi connectivity index (χ4n) is 1.43. The molecule has 0 aromatic carbocycles. The lowest BCUT2D eigenvalue weighted by atomic mass is 10.3. The summed E-state index contributed by atoms with van der Waals surface area (Å²) >= 11 is 4.99. The van der Waals surface area contributed by atoms with E-state index in [2.05, 4.69) is 15.5 Å². The van der Waals surface area contributed by atoms with Gasteiger partial charge in [-0.25, -0.2) is 0 Å². The molecule has 3 N–H and O–H groups in total. The van der Waals surface area contributed by atoms with E-state index in [1.54, 1.807) is 0 Å². The van der Waals surface area contributed by atoms with Crippen LogP contribution in [0, 0.1) is 0 Å². The van der Waals surface area contributed by atoms with Gasteiger partial charge in [-0.2, -0.15) is 0 Å². The standard InChI is InChI=1S/C7H15N3OS/c1-5-8-7(12)9-6(2)10(5)3-4-11/h5-6,11H,3-4H2,1-2H3,(H2,8,9,12). The monoisotopic (exact) mass is 189 g/mol. The lowest BCUT2D eigenvalue weighted by Crippen LogP contribution is -2.64. The first kappa shape index (κ1) is 9.70. The molecule has 0 amide bonds. The van der Waals surface area contributed by atoms with Gasteiger partial charge in [0.15, 0.2) is 5.11 Å². The molecule has 0 aromatic rings. The van der Waals surface area contributed by atoms with Gasteiger partial charge in [0.25, 0.3) is 0 Å². The Morgan fingerprint density at radius 2 is 1.92 bits per heavy atom. The lowest BCUT2D eigenvalue weighted by molar-refractivity contribution is 0.0885. The molecule has 0 aromatic heterocycles. The summed E-state index contributed by atoms with van der Waals surface area (Å²) in [6.45, 7) is 4.88. The van der Waals surface area contributed by atoms with Crippen LogP contribution in [-0.2, 0) is 0 Å². The maximum atomic E-state index is 8.79. The van der Waals surface area contributed by atoms with E-state index in [0.29, 0.717) is 11.7 Å². The summed E-state index contributed by atoms with van der Waals surface area (Å²) in [5, 5.41) is 15.6. The van der Waals surface area contributed by atoms with Crippen molar-refractivity contribution in [2.75, 3.05) is 13.2 Å². The predicted octanol–water partition coefficient (Wildman–Crippen LogP) is -0.550. The SMILES string of the molecule is CC1NC(=S)NC(C)N1CCO. The molecule has 1 aliphatic rings. The van der Waals surface area contributed by atoms with Crippen LogP contribution >= 0.6 is 12.2 Å². The molecule has 1 saturated heterocycles. The normalized spacial score (nSPS) is 31.1. The third-order valence-electron chi connectivity index (χ3n) is 2.03. The Bertz CT molecular complexity index is 162. The van der Waals surface area contributed by atoms with Crippen LogP contribution in [0.4, 0.5) is 0 Å². The van der Waals surface area contributed by atoms with E-state index in [0.717, 1.165) is 0 Å². The van der Waals surface area contributed by atoms with Gasteiger partial charge >= 0.3 is 0 Å². The third kappa shape index (κ3) is 2.06. The largest absolute Gasteiger partial charge is 0.395 e. The van der Waals surface area contributed by atoms with Gasteiger partial charge in [-0.05, 0) is 26.1 Å². The molecule has 1 aliphatic heterocycles. The first-order valence-electron chi connectivity index (χ1n) is 4.09. The van der Waals surface area contributed by atoms with Gasteiger partial charge in [0.05, 0.1) is 18.9 Å². The predicted molar refractivity (Wildman–Crippen MR) is 51.6 cm³/mol. The van der Waals surface area contributed by atoms with Gasteiger partial charge in [0.1, 0.15) is 0 Å². The van der Waals surface area contributed by atoms with Crippen LogP contribution in [0.5, 0.6) is 0 Å². The number of hydrogen-bond donors (Lipinski definition) is 3. The molecular weight excluding hydrogens is 174 g/mol. The Hall–Kier alpha value is -0.390. The fourth-order valence-corrected chi connectivity index (χ4v) is 1.77. The van der Waals surface area contributed by atoms with Crippen LogP contribution in [0.3, 0.4) is 0 Å². The highest BCUT2D eigenvalue weighted by atomic mass is 32.1. The number of aliphatic hydroxyl groups excluding tert-OH is 1. The van der Waals surface area contributed by atoms with E-state index >= 15 is 0 Å². The van der Waals surface area contributed by atoms with Gasteiger partial charge in [0.2, 0.25) is 0 Å². The summed E-state index contributed by atoms with van der Waals surface area (Å²) in [4.78, 5) is 2.11. The second-order valence-electron chi connectivity index (χ2n) is 2.93. The van der Waals surface area contributed by atoms with Crippen molar-refractivity contribution >= 4 is 17.3 Å².